The fourth-order valence-corrected chi connectivity index (χ4v) is 3.36. The molecule has 0 N–H and O–H groups in total. The highest BCUT2D eigenvalue weighted by Gasteiger charge is 2.19. The van der Waals surface area contributed by atoms with Crippen molar-refractivity contribution >= 4 is 38.2 Å². The van der Waals surface area contributed by atoms with Crippen molar-refractivity contribution < 1.29 is 8.42 Å². The zero-order valence-electron chi connectivity index (χ0n) is 12.8. The topological polar surface area (TPSA) is 94.3 Å². The van der Waals surface area contributed by atoms with E-state index < -0.39 is 9.84 Å². The van der Waals surface area contributed by atoms with Crippen molar-refractivity contribution in [1.29, 1.82) is 0 Å². The van der Waals surface area contributed by atoms with Gasteiger partial charge in [0.1, 0.15) is 5.65 Å². The van der Waals surface area contributed by atoms with Crippen molar-refractivity contribution in [3.63, 3.8) is 0 Å². The molecule has 7 nitrogen and oxygen atoms in total. The van der Waals surface area contributed by atoms with Gasteiger partial charge >= 0.3 is 0 Å². The van der Waals surface area contributed by atoms with Gasteiger partial charge in [-0.15, -0.1) is 0 Å². The molecule has 2 aromatic rings. The molecule has 122 valence electrons. The van der Waals surface area contributed by atoms with Gasteiger partial charge in [-0.25, -0.2) is 18.4 Å². The maximum Gasteiger partial charge on any atom is 0.252 e. The summed E-state index contributed by atoms with van der Waals surface area (Å²) in [5.74, 6) is -0.141. The third-order valence-electron chi connectivity index (χ3n) is 3.19. The molecule has 0 fully saturated rings. The van der Waals surface area contributed by atoms with Gasteiger partial charge < -0.3 is 0 Å². The zero-order chi connectivity index (χ0) is 17.0. The van der Waals surface area contributed by atoms with E-state index in [1.807, 2.05) is 13.8 Å². The highest BCUT2D eigenvalue weighted by atomic mass is 32.2. The molecule has 0 amide bonds. The lowest BCUT2D eigenvalue weighted by molar-refractivity contribution is 0.577. The summed E-state index contributed by atoms with van der Waals surface area (Å²) in [5, 5.41) is 2.52. The van der Waals surface area contributed by atoms with E-state index in [2.05, 4.69) is 32.3 Å². The Kier molecular flexibility index (Phi) is 5.35. The number of aromatic nitrogens is 3. The van der Waals surface area contributed by atoms with Gasteiger partial charge in [0.15, 0.2) is 0 Å². The Balaban J connectivity index is 2.48. The van der Waals surface area contributed by atoms with Crippen LogP contribution in [0, 0.1) is 0 Å². The van der Waals surface area contributed by atoms with Crippen LogP contribution in [0.2, 0.25) is 0 Å². The minimum atomic E-state index is -3.65. The van der Waals surface area contributed by atoms with Crippen LogP contribution in [0.15, 0.2) is 33.3 Å². The molecular formula is C14H16N4O3S2. The number of sulfone groups is 1. The number of hydrogen-bond acceptors (Lipinski definition) is 7. The highest BCUT2D eigenvalue weighted by molar-refractivity contribution is 7.91. The van der Waals surface area contributed by atoms with Crippen LogP contribution in [0.1, 0.15) is 26.3 Å². The lowest BCUT2D eigenvalue weighted by Crippen LogP contribution is -2.23. The molecule has 2 heterocycles. The molecule has 0 radical (unpaired) electrons. The van der Waals surface area contributed by atoms with Gasteiger partial charge in [0.2, 0.25) is 15.0 Å². The Morgan fingerprint density at radius 1 is 1.39 bits per heavy atom. The van der Waals surface area contributed by atoms with Crippen LogP contribution in [0.3, 0.4) is 0 Å². The van der Waals surface area contributed by atoms with Crippen LogP contribution in [0.5, 0.6) is 0 Å². The number of fused-ring (bicyclic) bond motifs is 1. The lowest BCUT2D eigenvalue weighted by atomic mass is 10.3. The third-order valence-corrected chi connectivity index (χ3v) is 4.90. The van der Waals surface area contributed by atoms with Gasteiger partial charge in [0.05, 0.1) is 17.5 Å². The molecule has 2 aromatic heterocycles. The van der Waals surface area contributed by atoms with E-state index in [-0.39, 0.29) is 29.1 Å². The molecule has 0 spiro atoms. The Morgan fingerprint density at radius 2 is 2.13 bits per heavy atom. The second kappa shape index (κ2) is 7.08. The van der Waals surface area contributed by atoms with Crippen molar-refractivity contribution in [2.75, 3.05) is 12.3 Å². The normalized spacial score (nSPS) is 11.6. The molecule has 0 aliphatic rings. The zero-order valence-corrected chi connectivity index (χ0v) is 14.4. The van der Waals surface area contributed by atoms with E-state index in [0.717, 1.165) is 0 Å². The first-order valence-electron chi connectivity index (χ1n) is 7.01. The van der Waals surface area contributed by atoms with Crippen LogP contribution < -0.4 is 5.56 Å². The van der Waals surface area contributed by atoms with Crippen molar-refractivity contribution in [3.8, 4) is 0 Å². The summed E-state index contributed by atoms with van der Waals surface area (Å²) < 4.78 is 26.1. The molecule has 0 aromatic carbocycles. The SMILES string of the molecule is CC(C)n1c(=O)ccc2cnc(S(=O)(=O)CCCN=C=S)nc21. The summed E-state index contributed by atoms with van der Waals surface area (Å²) in [7, 11) is -3.65. The van der Waals surface area contributed by atoms with Crippen molar-refractivity contribution in [3.05, 3.63) is 28.7 Å². The number of pyridine rings is 1. The second-order valence-corrected chi connectivity index (χ2v) is 7.40. The molecule has 0 bridgehead atoms. The first-order chi connectivity index (χ1) is 10.9. The minimum absolute atomic E-state index is 0.141. The van der Waals surface area contributed by atoms with E-state index in [4.69, 9.17) is 0 Å². The van der Waals surface area contributed by atoms with Gasteiger partial charge in [-0.2, -0.15) is 4.98 Å². The van der Waals surface area contributed by atoms with E-state index in [1.165, 1.54) is 16.8 Å². The average molecular weight is 352 g/mol. The molecule has 0 unspecified atom stereocenters. The molecule has 0 saturated carbocycles. The number of hydrogen-bond donors (Lipinski definition) is 0. The second-order valence-electron chi connectivity index (χ2n) is 5.21. The van der Waals surface area contributed by atoms with Crippen LogP contribution in [0.25, 0.3) is 11.0 Å². The number of nitrogens with zero attached hydrogens (tertiary/aromatic N) is 4. The first kappa shape index (κ1) is 17.4. The van der Waals surface area contributed by atoms with Crippen molar-refractivity contribution in [2.45, 2.75) is 31.5 Å². The van der Waals surface area contributed by atoms with Crippen molar-refractivity contribution in [1.82, 2.24) is 14.5 Å². The molecule has 0 saturated heterocycles. The summed E-state index contributed by atoms with van der Waals surface area (Å²) in [6, 6.07) is 2.86. The monoisotopic (exact) mass is 352 g/mol. The number of aliphatic imine (C=N–C) groups is 1. The lowest BCUT2D eigenvalue weighted by Gasteiger charge is -2.13. The van der Waals surface area contributed by atoms with Crippen LogP contribution >= 0.6 is 12.2 Å². The Bertz CT molecular complexity index is 929. The standard InChI is InChI=1S/C14H16N4O3S2/c1-10(2)18-12(19)5-4-11-8-16-14(17-13(11)18)23(20,21)7-3-6-15-9-22/h4-5,8,10H,3,6-7H2,1-2H3. The first-order valence-corrected chi connectivity index (χ1v) is 9.07. The summed E-state index contributed by atoms with van der Waals surface area (Å²) >= 11 is 4.43. The number of thiocarbonyl (C=S) groups is 1. The predicted octanol–water partition coefficient (Wildman–Crippen LogP) is 1.64. The van der Waals surface area contributed by atoms with Crippen LogP contribution in [-0.4, -0.2) is 40.4 Å². The molecule has 0 atom stereocenters. The van der Waals surface area contributed by atoms with E-state index in [0.29, 0.717) is 17.5 Å². The Labute approximate surface area is 139 Å². The van der Waals surface area contributed by atoms with Gasteiger partial charge in [-0.3, -0.25) is 9.36 Å². The summed E-state index contributed by atoms with van der Waals surface area (Å²) in [5.41, 5.74) is 0.0860. The third kappa shape index (κ3) is 3.87. The highest BCUT2D eigenvalue weighted by Crippen LogP contribution is 2.15. The maximum atomic E-state index is 12.3. The van der Waals surface area contributed by atoms with Crippen LogP contribution in [-0.2, 0) is 9.84 Å². The molecule has 9 heteroatoms. The van der Waals surface area contributed by atoms with Gasteiger partial charge in [-0.05, 0) is 38.6 Å². The smallest absolute Gasteiger partial charge is 0.252 e. The van der Waals surface area contributed by atoms with E-state index in [9.17, 15) is 13.2 Å². The average Bonchev–Trinajstić information content (AvgIpc) is 2.50. The van der Waals surface area contributed by atoms with Crippen LogP contribution in [0.4, 0.5) is 0 Å². The molecule has 23 heavy (non-hydrogen) atoms. The molecular weight excluding hydrogens is 336 g/mol. The van der Waals surface area contributed by atoms with Gasteiger partial charge in [-0.1, -0.05) is 0 Å². The summed E-state index contributed by atoms with van der Waals surface area (Å²) in [6.07, 6.45) is 1.72. The largest absolute Gasteiger partial charge is 0.290 e. The Hall–Kier alpha value is -1.96. The van der Waals surface area contributed by atoms with E-state index in [1.54, 1.807) is 6.07 Å². The Morgan fingerprint density at radius 3 is 2.78 bits per heavy atom. The van der Waals surface area contributed by atoms with E-state index >= 15 is 0 Å². The predicted molar refractivity (Wildman–Crippen MR) is 90.7 cm³/mol. The summed E-state index contributed by atoms with van der Waals surface area (Å²) in [4.78, 5) is 23.7. The quantitative estimate of drug-likeness (QED) is 0.339. The molecule has 0 aliphatic heterocycles. The number of isothiocyanates is 1. The summed E-state index contributed by atoms with van der Waals surface area (Å²) in [6.45, 7) is 3.95. The number of rotatable bonds is 6. The fourth-order valence-electron chi connectivity index (χ4n) is 2.14. The van der Waals surface area contributed by atoms with Gasteiger partial charge in [0, 0.05) is 23.7 Å². The minimum Gasteiger partial charge on any atom is -0.290 e. The fraction of sp³-hybridized carbons (Fsp3) is 0.429. The molecule has 2 rings (SSSR count). The van der Waals surface area contributed by atoms with Crippen molar-refractivity contribution in [2.24, 2.45) is 4.99 Å². The maximum absolute atomic E-state index is 12.3. The van der Waals surface area contributed by atoms with Gasteiger partial charge in [0.25, 0.3) is 5.56 Å². The molecule has 0 aliphatic carbocycles.